The first-order chi connectivity index (χ1) is 9.89. The third-order valence-electron chi connectivity index (χ3n) is 4.05. The fourth-order valence-electron chi connectivity index (χ4n) is 2.74. The number of benzene rings is 1. The first kappa shape index (κ1) is 15.9. The van der Waals surface area contributed by atoms with E-state index in [-0.39, 0.29) is 10.9 Å². The molecule has 21 heavy (non-hydrogen) atoms. The molecule has 0 amide bonds. The van der Waals surface area contributed by atoms with Gasteiger partial charge in [0.05, 0.1) is 0 Å². The number of nitrogen functional groups attached to an aromatic ring is 1. The summed E-state index contributed by atoms with van der Waals surface area (Å²) in [4.78, 5) is 3.24. The predicted octanol–water partition coefficient (Wildman–Crippen LogP) is 2.85. The van der Waals surface area contributed by atoms with E-state index in [9.17, 15) is 8.42 Å². The van der Waals surface area contributed by atoms with E-state index in [1.54, 1.807) is 18.2 Å². The molecule has 0 fully saturated rings. The van der Waals surface area contributed by atoms with Crippen molar-refractivity contribution >= 4 is 26.6 Å². The molecule has 2 aromatic rings. The van der Waals surface area contributed by atoms with Crippen LogP contribution in [0.4, 0.5) is 5.69 Å². The van der Waals surface area contributed by atoms with Crippen molar-refractivity contribution in [2.75, 3.05) is 5.73 Å². The lowest BCUT2D eigenvalue weighted by Crippen LogP contribution is -2.37. The Morgan fingerprint density at radius 1 is 1.29 bits per heavy atom. The second-order valence-electron chi connectivity index (χ2n) is 5.44. The van der Waals surface area contributed by atoms with Gasteiger partial charge in [0, 0.05) is 28.8 Å². The van der Waals surface area contributed by atoms with Crippen molar-refractivity contribution in [3.63, 3.8) is 0 Å². The third kappa shape index (κ3) is 3.22. The van der Waals surface area contributed by atoms with Crippen molar-refractivity contribution in [1.29, 1.82) is 0 Å². The molecule has 0 saturated heterocycles. The fourth-order valence-corrected chi connectivity index (χ4v) is 4.23. The van der Waals surface area contributed by atoms with Crippen LogP contribution in [0.2, 0.25) is 0 Å². The minimum Gasteiger partial charge on any atom is -0.399 e. The molecule has 1 atom stereocenters. The molecular formula is C15H23N3O2S. The zero-order valence-corrected chi connectivity index (χ0v) is 13.5. The zero-order valence-electron chi connectivity index (χ0n) is 12.7. The molecule has 0 aliphatic carbocycles. The number of aromatic amines is 1. The highest BCUT2D eigenvalue weighted by Crippen LogP contribution is 2.25. The summed E-state index contributed by atoms with van der Waals surface area (Å²) in [6.45, 7) is 6.07. The average molecular weight is 309 g/mol. The van der Waals surface area contributed by atoms with E-state index < -0.39 is 10.0 Å². The molecule has 4 N–H and O–H groups in total. The van der Waals surface area contributed by atoms with E-state index in [4.69, 9.17) is 5.73 Å². The first-order valence-electron chi connectivity index (χ1n) is 7.28. The molecule has 6 heteroatoms. The van der Waals surface area contributed by atoms with Crippen molar-refractivity contribution in [3.05, 3.63) is 24.4 Å². The maximum Gasteiger partial charge on any atom is 0.242 e. The van der Waals surface area contributed by atoms with Crippen molar-refractivity contribution in [1.82, 2.24) is 9.71 Å². The Kier molecular flexibility index (Phi) is 4.58. The van der Waals surface area contributed by atoms with Crippen LogP contribution in [-0.2, 0) is 10.0 Å². The van der Waals surface area contributed by atoms with Gasteiger partial charge in [0.2, 0.25) is 10.0 Å². The van der Waals surface area contributed by atoms with Gasteiger partial charge in [-0.15, -0.1) is 0 Å². The van der Waals surface area contributed by atoms with Crippen molar-refractivity contribution in [3.8, 4) is 0 Å². The molecule has 0 radical (unpaired) electrons. The monoisotopic (exact) mass is 309 g/mol. The van der Waals surface area contributed by atoms with Crippen molar-refractivity contribution < 1.29 is 8.42 Å². The summed E-state index contributed by atoms with van der Waals surface area (Å²) < 4.78 is 27.9. The number of fused-ring (bicyclic) bond motifs is 1. The van der Waals surface area contributed by atoms with E-state index in [0.29, 0.717) is 17.0 Å². The van der Waals surface area contributed by atoms with Crippen LogP contribution in [0.15, 0.2) is 29.3 Å². The summed E-state index contributed by atoms with van der Waals surface area (Å²) in [5, 5.41) is 0.661. The number of aromatic nitrogens is 1. The summed E-state index contributed by atoms with van der Waals surface area (Å²) in [6.07, 6.45) is 3.42. The highest BCUT2D eigenvalue weighted by Gasteiger charge is 2.24. The van der Waals surface area contributed by atoms with E-state index in [0.717, 1.165) is 18.4 Å². The fraction of sp³-hybridized carbons (Fsp3) is 0.467. The summed E-state index contributed by atoms with van der Waals surface area (Å²) in [6, 6.07) is 5.08. The highest BCUT2D eigenvalue weighted by atomic mass is 32.2. The quantitative estimate of drug-likeness (QED) is 0.717. The van der Waals surface area contributed by atoms with Crippen molar-refractivity contribution in [2.45, 2.75) is 44.6 Å². The Labute approximate surface area is 126 Å². The largest absolute Gasteiger partial charge is 0.399 e. The third-order valence-corrected chi connectivity index (χ3v) is 5.65. The lowest BCUT2D eigenvalue weighted by atomic mass is 9.96. The van der Waals surface area contributed by atoms with Gasteiger partial charge in [0.25, 0.3) is 0 Å². The number of sulfonamides is 1. The molecule has 5 nitrogen and oxygen atoms in total. The summed E-state index contributed by atoms with van der Waals surface area (Å²) in [5.41, 5.74) is 7.04. The molecule has 1 unspecified atom stereocenters. The van der Waals surface area contributed by atoms with Crippen LogP contribution < -0.4 is 10.5 Å². The SMILES string of the molecule is CCC(CC)C(C)NS(=O)(=O)c1c[nH]c2cc(N)ccc12. The first-order valence-corrected chi connectivity index (χ1v) is 8.76. The van der Waals surface area contributed by atoms with Crippen LogP contribution in [0.5, 0.6) is 0 Å². The number of nitrogens with one attached hydrogen (secondary N) is 2. The Balaban J connectivity index is 2.34. The minimum absolute atomic E-state index is 0.0938. The summed E-state index contributed by atoms with van der Waals surface area (Å²) in [7, 11) is -3.54. The van der Waals surface area contributed by atoms with Gasteiger partial charge in [-0.2, -0.15) is 0 Å². The van der Waals surface area contributed by atoms with Crippen LogP contribution in [0.25, 0.3) is 10.9 Å². The number of nitrogens with two attached hydrogens (primary N) is 1. The van der Waals surface area contributed by atoms with Gasteiger partial charge in [-0.25, -0.2) is 13.1 Å². The van der Waals surface area contributed by atoms with E-state index in [1.807, 2.05) is 6.92 Å². The second kappa shape index (κ2) is 6.07. The van der Waals surface area contributed by atoms with Crippen LogP contribution in [0.3, 0.4) is 0 Å². The van der Waals surface area contributed by atoms with Gasteiger partial charge in [0.1, 0.15) is 4.90 Å². The zero-order chi connectivity index (χ0) is 15.6. The molecular weight excluding hydrogens is 286 g/mol. The molecule has 2 rings (SSSR count). The molecule has 116 valence electrons. The molecule has 1 aromatic heterocycles. The second-order valence-corrected chi connectivity index (χ2v) is 7.13. The smallest absolute Gasteiger partial charge is 0.242 e. The van der Waals surface area contributed by atoms with Crippen LogP contribution in [0, 0.1) is 5.92 Å². The van der Waals surface area contributed by atoms with Crippen molar-refractivity contribution in [2.24, 2.45) is 5.92 Å². The lowest BCUT2D eigenvalue weighted by molar-refractivity contribution is 0.391. The van der Waals surface area contributed by atoms with Crippen LogP contribution >= 0.6 is 0 Å². The van der Waals surface area contributed by atoms with Gasteiger partial charge in [-0.05, 0) is 31.0 Å². The standard InChI is InChI=1S/C15H23N3O2S/c1-4-11(5-2)10(3)18-21(19,20)15-9-17-14-8-12(16)6-7-13(14)15/h6-11,17-18H,4-5,16H2,1-3H3. The minimum atomic E-state index is -3.54. The Morgan fingerprint density at radius 3 is 2.57 bits per heavy atom. The Hall–Kier alpha value is -1.53. The number of anilines is 1. The Morgan fingerprint density at radius 2 is 1.95 bits per heavy atom. The van der Waals surface area contributed by atoms with Gasteiger partial charge >= 0.3 is 0 Å². The van der Waals surface area contributed by atoms with Crippen LogP contribution in [0.1, 0.15) is 33.6 Å². The number of H-pyrrole nitrogens is 1. The van der Waals surface area contributed by atoms with Gasteiger partial charge < -0.3 is 10.7 Å². The highest BCUT2D eigenvalue weighted by molar-refractivity contribution is 7.89. The van der Waals surface area contributed by atoms with E-state index >= 15 is 0 Å². The molecule has 0 spiro atoms. The van der Waals surface area contributed by atoms with Gasteiger partial charge in [0.15, 0.2) is 0 Å². The van der Waals surface area contributed by atoms with E-state index in [2.05, 4.69) is 23.6 Å². The Bertz CT molecular complexity index is 718. The molecule has 1 heterocycles. The summed E-state index contributed by atoms with van der Waals surface area (Å²) in [5.74, 6) is 0.334. The number of hydrogen-bond acceptors (Lipinski definition) is 3. The molecule has 0 saturated carbocycles. The lowest BCUT2D eigenvalue weighted by Gasteiger charge is -2.22. The summed E-state index contributed by atoms with van der Waals surface area (Å²) >= 11 is 0. The molecule has 0 aliphatic heterocycles. The topological polar surface area (TPSA) is 88.0 Å². The van der Waals surface area contributed by atoms with Crippen LogP contribution in [-0.4, -0.2) is 19.4 Å². The molecule has 0 aliphatic rings. The van der Waals surface area contributed by atoms with E-state index in [1.165, 1.54) is 6.20 Å². The maximum absolute atomic E-state index is 12.6. The number of hydrogen-bond donors (Lipinski definition) is 3. The van der Waals surface area contributed by atoms with Gasteiger partial charge in [-0.1, -0.05) is 26.7 Å². The maximum atomic E-state index is 12.6. The molecule has 1 aromatic carbocycles. The average Bonchev–Trinajstić information content (AvgIpc) is 2.83. The molecule has 0 bridgehead atoms. The predicted molar refractivity (Wildman–Crippen MR) is 86.6 cm³/mol. The number of rotatable bonds is 6. The normalized spacial score (nSPS) is 13.9. The van der Waals surface area contributed by atoms with Gasteiger partial charge in [-0.3, -0.25) is 0 Å².